The van der Waals surface area contributed by atoms with E-state index in [0.29, 0.717) is 5.56 Å². The first-order valence-corrected chi connectivity index (χ1v) is 9.52. The Labute approximate surface area is 151 Å². The number of nitrogens with zero attached hydrogens (tertiary/aromatic N) is 1. The Kier molecular flexibility index (Phi) is 3.30. The summed E-state index contributed by atoms with van der Waals surface area (Å²) in [7, 11) is 0. The molecule has 25 heavy (non-hydrogen) atoms. The predicted octanol–water partition coefficient (Wildman–Crippen LogP) is 5.38. The van der Waals surface area contributed by atoms with Crippen molar-refractivity contribution in [1.82, 2.24) is 9.78 Å². The van der Waals surface area contributed by atoms with E-state index >= 15 is 0 Å². The summed E-state index contributed by atoms with van der Waals surface area (Å²) >= 11 is 1.88. The smallest absolute Gasteiger partial charge is 0.335 e. The molecule has 0 spiro atoms. The van der Waals surface area contributed by atoms with Crippen molar-refractivity contribution in [1.29, 1.82) is 0 Å². The number of aromatic amines is 1. The van der Waals surface area contributed by atoms with Crippen LogP contribution >= 0.6 is 11.3 Å². The van der Waals surface area contributed by atoms with Crippen molar-refractivity contribution in [3.05, 3.63) is 39.8 Å². The van der Waals surface area contributed by atoms with E-state index in [-0.39, 0.29) is 10.8 Å². The standard InChI is InChI=1S/C20H24N2O2S/c1-11-15-16(20(4,5)9-8-19(15,2)3)25-17(11)22-14-7-6-12(18(23)24)10-13(14)21-22/h6-7,10,21H,8-9H2,1-5H3,(H,23,24). The van der Waals surface area contributed by atoms with Gasteiger partial charge in [-0.2, -0.15) is 0 Å². The SMILES string of the molecule is Cc1c(-n2[nH]c3cc(C(=O)O)ccc32)sc2c1C(C)(C)CCC2(C)C. The number of carboxylic acid groups (broad SMARTS) is 1. The molecule has 0 fully saturated rings. The third-order valence-electron chi connectivity index (χ3n) is 5.71. The zero-order chi connectivity index (χ0) is 18.1. The Morgan fingerprint density at radius 1 is 1.20 bits per heavy atom. The fourth-order valence-corrected chi connectivity index (χ4v) is 5.70. The number of benzene rings is 1. The predicted molar refractivity (Wildman–Crippen MR) is 102 cm³/mol. The summed E-state index contributed by atoms with van der Waals surface area (Å²) < 4.78 is 2.10. The monoisotopic (exact) mass is 356 g/mol. The quantitative estimate of drug-likeness (QED) is 0.648. The number of fused-ring (bicyclic) bond motifs is 2. The molecule has 2 N–H and O–H groups in total. The van der Waals surface area contributed by atoms with Gasteiger partial charge in [-0.25, -0.2) is 9.48 Å². The molecule has 0 saturated carbocycles. The van der Waals surface area contributed by atoms with Crippen molar-refractivity contribution in [3.63, 3.8) is 0 Å². The second-order valence-corrected chi connectivity index (χ2v) is 9.49. The molecule has 1 aromatic carbocycles. The van der Waals surface area contributed by atoms with Crippen molar-refractivity contribution < 1.29 is 9.90 Å². The lowest BCUT2D eigenvalue weighted by Gasteiger charge is -2.39. The number of rotatable bonds is 2. The Hall–Kier alpha value is -2.01. The number of hydrogen-bond acceptors (Lipinski definition) is 2. The number of carboxylic acids is 1. The molecule has 4 rings (SSSR count). The number of thiophene rings is 1. The van der Waals surface area contributed by atoms with Gasteiger partial charge in [-0.3, -0.25) is 5.10 Å². The molecule has 2 aromatic heterocycles. The lowest BCUT2D eigenvalue weighted by molar-refractivity contribution is 0.0697. The highest BCUT2D eigenvalue weighted by Crippen LogP contribution is 2.52. The maximum absolute atomic E-state index is 11.1. The molecule has 1 aliphatic carbocycles. The summed E-state index contributed by atoms with van der Waals surface area (Å²) in [5, 5.41) is 13.7. The van der Waals surface area contributed by atoms with Crippen molar-refractivity contribution >= 4 is 28.3 Å². The fraction of sp³-hybridized carbons (Fsp3) is 0.450. The molecular formula is C20H24N2O2S. The molecular weight excluding hydrogens is 332 g/mol. The Morgan fingerprint density at radius 3 is 2.48 bits per heavy atom. The molecule has 132 valence electrons. The first-order valence-electron chi connectivity index (χ1n) is 8.70. The Morgan fingerprint density at radius 2 is 1.88 bits per heavy atom. The molecule has 3 aromatic rings. The van der Waals surface area contributed by atoms with Gasteiger partial charge in [0.15, 0.2) is 0 Å². The van der Waals surface area contributed by atoms with E-state index in [1.54, 1.807) is 12.1 Å². The average Bonchev–Trinajstić information content (AvgIpc) is 2.85. The summed E-state index contributed by atoms with van der Waals surface area (Å²) in [6, 6.07) is 5.26. The van der Waals surface area contributed by atoms with E-state index in [1.807, 2.05) is 17.4 Å². The van der Waals surface area contributed by atoms with Crippen LogP contribution in [-0.2, 0) is 10.8 Å². The van der Waals surface area contributed by atoms with Crippen LogP contribution in [0.4, 0.5) is 0 Å². The highest BCUT2D eigenvalue weighted by atomic mass is 32.1. The number of nitrogens with one attached hydrogen (secondary N) is 1. The molecule has 2 heterocycles. The van der Waals surface area contributed by atoms with Crippen LogP contribution in [0.25, 0.3) is 16.0 Å². The second-order valence-electron chi connectivity index (χ2n) is 8.49. The van der Waals surface area contributed by atoms with Crippen LogP contribution in [0.2, 0.25) is 0 Å². The number of aromatic carboxylic acids is 1. The zero-order valence-corrected chi connectivity index (χ0v) is 16.2. The Balaban J connectivity index is 1.88. The molecule has 0 unspecified atom stereocenters. The summed E-state index contributed by atoms with van der Waals surface area (Å²) in [4.78, 5) is 12.6. The van der Waals surface area contributed by atoms with Gasteiger partial charge in [-0.1, -0.05) is 27.7 Å². The highest BCUT2D eigenvalue weighted by molar-refractivity contribution is 7.15. The molecule has 0 bridgehead atoms. The van der Waals surface area contributed by atoms with Crippen molar-refractivity contribution in [3.8, 4) is 5.00 Å². The van der Waals surface area contributed by atoms with E-state index < -0.39 is 5.97 Å². The van der Waals surface area contributed by atoms with Gasteiger partial charge in [0.1, 0.15) is 5.00 Å². The lowest BCUT2D eigenvalue weighted by atomic mass is 9.66. The van der Waals surface area contributed by atoms with E-state index in [1.165, 1.54) is 33.8 Å². The number of H-pyrrole nitrogens is 1. The molecule has 5 heteroatoms. The minimum absolute atomic E-state index is 0.199. The van der Waals surface area contributed by atoms with Crippen molar-refractivity contribution in [2.75, 3.05) is 0 Å². The molecule has 0 radical (unpaired) electrons. The third-order valence-corrected chi connectivity index (χ3v) is 7.35. The minimum atomic E-state index is -0.894. The van der Waals surface area contributed by atoms with Gasteiger partial charge in [0, 0.05) is 4.88 Å². The first-order chi connectivity index (χ1) is 11.6. The van der Waals surface area contributed by atoms with Crippen LogP contribution in [0.1, 0.15) is 66.9 Å². The van der Waals surface area contributed by atoms with Gasteiger partial charge < -0.3 is 5.11 Å². The number of carbonyl (C=O) groups is 1. The molecule has 0 atom stereocenters. The maximum atomic E-state index is 11.1. The van der Waals surface area contributed by atoms with Gasteiger partial charge in [0.2, 0.25) is 0 Å². The van der Waals surface area contributed by atoms with Gasteiger partial charge >= 0.3 is 5.97 Å². The first kappa shape index (κ1) is 16.5. The van der Waals surface area contributed by atoms with E-state index in [9.17, 15) is 4.79 Å². The summed E-state index contributed by atoms with van der Waals surface area (Å²) in [5.74, 6) is -0.894. The summed E-state index contributed by atoms with van der Waals surface area (Å²) in [6.45, 7) is 11.6. The second kappa shape index (κ2) is 5.01. The summed E-state index contributed by atoms with van der Waals surface area (Å²) in [6.07, 6.45) is 2.41. The van der Waals surface area contributed by atoms with Crippen LogP contribution in [0.3, 0.4) is 0 Å². The van der Waals surface area contributed by atoms with Crippen LogP contribution in [0.15, 0.2) is 18.2 Å². The average molecular weight is 356 g/mol. The molecule has 0 saturated heterocycles. The van der Waals surface area contributed by atoms with E-state index in [4.69, 9.17) is 5.11 Å². The largest absolute Gasteiger partial charge is 0.478 e. The molecule has 0 amide bonds. The van der Waals surface area contributed by atoms with E-state index in [2.05, 4.69) is 44.4 Å². The number of aromatic nitrogens is 2. The Bertz CT molecular complexity index is 1000. The molecule has 0 aliphatic heterocycles. The van der Waals surface area contributed by atoms with Crippen LogP contribution in [0.5, 0.6) is 0 Å². The normalized spacial score (nSPS) is 18.4. The topological polar surface area (TPSA) is 58.0 Å². The van der Waals surface area contributed by atoms with Gasteiger partial charge in [-0.15, -0.1) is 11.3 Å². The fourth-order valence-electron chi connectivity index (χ4n) is 4.11. The minimum Gasteiger partial charge on any atom is -0.478 e. The zero-order valence-electron chi connectivity index (χ0n) is 15.4. The van der Waals surface area contributed by atoms with Gasteiger partial charge in [0.05, 0.1) is 16.6 Å². The highest BCUT2D eigenvalue weighted by Gasteiger charge is 2.41. The van der Waals surface area contributed by atoms with Crippen LogP contribution in [0, 0.1) is 6.92 Å². The van der Waals surface area contributed by atoms with E-state index in [0.717, 1.165) is 11.0 Å². The molecule has 1 aliphatic rings. The van der Waals surface area contributed by atoms with Crippen LogP contribution in [-0.4, -0.2) is 20.9 Å². The van der Waals surface area contributed by atoms with Gasteiger partial charge in [0.25, 0.3) is 0 Å². The summed E-state index contributed by atoms with van der Waals surface area (Å²) in [5.41, 5.74) is 5.49. The maximum Gasteiger partial charge on any atom is 0.335 e. The van der Waals surface area contributed by atoms with Crippen LogP contribution < -0.4 is 0 Å². The third kappa shape index (κ3) is 2.29. The van der Waals surface area contributed by atoms with Crippen molar-refractivity contribution in [2.45, 2.75) is 58.3 Å². The lowest BCUT2D eigenvalue weighted by Crippen LogP contribution is -2.32. The number of hydrogen-bond donors (Lipinski definition) is 2. The van der Waals surface area contributed by atoms with Crippen molar-refractivity contribution in [2.24, 2.45) is 0 Å². The molecule has 4 nitrogen and oxygen atoms in total. The van der Waals surface area contributed by atoms with Gasteiger partial charge in [-0.05, 0) is 59.9 Å².